The first kappa shape index (κ1) is 16.8. The monoisotopic (exact) mass is 350 g/mol. The minimum Gasteiger partial charge on any atom is -0.476 e. The van der Waals surface area contributed by atoms with Gasteiger partial charge in [0.2, 0.25) is 17.7 Å². The number of aromatic carboxylic acids is 1. The Balaban J connectivity index is 1.82. The molecule has 3 aromatic rings. The average molecular weight is 350 g/mol. The van der Waals surface area contributed by atoms with E-state index in [0.717, 1.165) is 6.26 Å². The Kier molecular flexibility index (Phi) is 4.61. The van der Waals surface area contributed by atoms with Crippen LogP contribution < -0.4 is 5.73 Å². The number of nitrogens with two attached hydrogens (primary N) is 1. The van der Waals surface area contributed by atoms with Crippen molar-refractivity contribution in [2.45, 2.75) is 12.3 Å². The number of hydrogen-bond acceptors (Lipinski definition) is 10. The Hall–Kier alpha value is -3.02. The van der Waals surface area contributed by atoms with Gasteiger partial charge in [0.25, 0.3) is 0 Å². The first-order valence-corrected chi connectivity index (χ1v) is 6.95. The van der Waals surface area contributed by atoms with Crippen molar-refractivity contribution < 1.29 is 32.6 Å². The van der Waals surface area contributed by atoms with Gasteiger partial charge in [0.15, 0.2) is 23.4 Å². The molecular formula is C14H14N4O7. The third-order valence-corrected chi connectivity index (χ3v) is 3.23. The highest BCUT2D eigenvalue weighted by Gasteiger charge is 2.25. The number of hydrogen-bond donors (Lipinski definition) is 2. The van der Waals surface area contributed by atoms with Gasteiger partial charge in [-0.3, -0.25) is 0 Å². The predicted molar refractivity (Wildman–Crippen MR) is 79.2 cm³/mol. The molecule has 0 aliphatic heterocycles. The maximum absolute atomic E-state index is 10.8. The van der Waals surface area contributed by atoms with Crippen molar-refractivity contribution in [2.75, 3.05) is 14.2 Å². The molecule has 1 atom stereocenters. The number of nitrogens with zero attached hydrogens (tertiary/aromatic N) is 3. The molecule has 11 nitrogen and oxygen atoms in total. The summed E-state index contributed by atoms with van der Waals surface area (Å²) in [7, 11) is 2.89. The van der Waals surface area contributed by atoms with E-state index in [1.165, 1.54) is 26.7 Å². The van der Waals surface area contributed by atoms with Gasteiger partial charge in [0.1, 0.15) is 24.8 Å². The van der Waals surface area contributed by atoms with Gasteiger partial charge in [-0.05, 0) is 0 Å². The molecule has 0 radical (unpaired) electrons. The molecule has 0 bridgehead atoms. The Bertz CT molecular complexity index is 864. The smallest absolute Gasteiger partial charge is 0.357 e. The molecular weight excluding hydrogens is 336 g/mol. The van der Waals surface area contributed by atoms with Gasteiger partial charge in [-0.25, -0.2) is 19.7 Å². The van der Waals surface area contributed by atoms with Crippen LogP contribution in [0.2, 0.25) is 0 Å². The Morgan fingerprint density at radius 1 is 1.04 bits per heavy atom. The molecule has 0 amide bonds. The standard InChI is InChI=1S/C14H14N4O7/c1-21-14(22-2)9(15)12-17-7(4-25-12)10-16-6(3-23-10)11-18-8(5-24-11)13(19)20/h3-5,9,14H,15H2,1-2H3,(H,19,20). The zero-order valence-electron chi connectivity index (χ0n) is 13.2. The lowest BCUT2D eigenvalue weighted by Gasteiger charge is -2.17. The fourth-order valence-corrected chi connectivity index (χ4v) is 2.02. The van der Waals surface area contributed by atoms with E-state index < -0.39 is 18.3 Å². The first-order valence-electron chi connectivity index (χ1n) is 6.95. The third-order valence-electron chi connectivity index (χ3n) is 3.23. The quantitative estimate of drug-likeness (QED) is 0.591. The molecule has 132 valence electrons. The van der Waals surface area contributed by atoms with Crippen LogP contribution in [0.4, 0.5) is 0 Å². The third kappa shape index (κ3) is 3.28. The number of ether oxygens (including phenoxy) is 2. The second-order valence-electron chi connectivity index (χ2n) is 4.82. The number of methoxy groups -OCH3 is 2. The van der Waals surface area contributed by atoms with Crippen LogP contribution in [0.5, 0.6) is 0 Å². The van der Waals surface area contributed by atoms with E-state index in [0.29, 0.717) is 0 Å². The van der Waals surface area contributed by atoms with Crippen LogP contribution >= 0.6 is 0 Å². The van der Waals surface area contributed by atoms with E-state index in [-0.39, 0.29) is 34.8 Å². The van der Waals surface area contributed by atoms with Gasteiger partial charge in [0, 0.05) is 14.2 Å². The van der Waals surface area contributed by atoms with Crippen LogP contribution in [0, 0.1) is 0 Å². The van der Waals surface area contributed by atoms with Gasteiger partial charge < -0.3 is 33.6 Å². The number of carboxylic acids is 1. The van der Waals surface area contributed by atoms with Crippen molar-refractivity contribution in [3.63, 3.8) is 0 Å². The molecule has 3 rings (SSSR count). The van der Waals surface area contributed by atoms with Crippen molar-refractivity contribution >= 4 is 5.97 Å². The molecule has 0 aromatic carbocycles. The molecule has 0 spiro atoms. The van der Waals surface area contributed by atoms with Gasteiger partial charge >= 0.3 is 5.97 Å². The Labute approximate surface area is 140 Å². The van der Waals surface area contributed by atoms with Crippen molar-refractivity contribution in [3.8, 4) is 23.2 Å². The van der Waals surface area contributed by atoms with Crippen molar-refractivity contribution in [1.82, 2.24) is 15.0 Å². The highest BCUT2D eigenvalue weighted by Crippen LogP contribution is 2.26. The number of carboxylic acid groups (broad SMARTS) is 1. The van der Waals surface area contributed by atoms with Crippen LogP contribution in [-0.4, -0.2) is 46.5 Å². The lowest BCUT2D eigenvalue weighted by atomic mass is 10.3. The van der Waals surface area contributed by atoms with Crippen LogP contribution in [0.1, 0.15) is 22.4 Å². The van der Waals surface area contributed by atoms with Crippen LogP contribution in [0.25, 0.3) is 23.2 Å². The molecule has 11 heteroatoms. The first-order chi connectivity index (χ1) is 12.0. The number of rotatable bonds is 7. The number of carbonyl (C=O) groups is 1. The van der Waals surface area contributed by atoms with Crippen LogP contribution in [0.3, 0.4) is 0 Å². The number of aromatic nitrogens is 3. The second-order valence-corrected chi connectivity index (χ2v) is 4.82. The van der Waals surface area contributed by atoms with E-state index in [1.807, 2.05) is 0 Å². The molecule has 0 saturated heterocycles. The summed E-state index contributed by atoms with van der Waals surface area (Å²) in [5, 5.41) is 8.85. The van der Waals surface area contributed by atoms with E-state index in [2.05, 4.69) is 15.0 Å². The van der Waals surface area contributed by atoms with Crippen molar-refractivity contribution in [2.24, 2.45) is 5.73 Å². The molecule has 1 unspecified atom stereocenters. The lowest BCUT2D eigenvalue weighted by molar-refractivity contribution is -0.121. The summed E-state index contributed by atoms with van der Waals surface area (Å²) in [5.74, 6) is -0.905. The summed E-state index contributed by atoms with van der Waals surface area (Å²) in [5.41, 5.74) is 6.20. The van der Waals surface area contributed by atoms with E-state index in [4.69, 9.17) is 33.6 Å². The van der Waals surface area contributed by atoms with Gasteiger partial charge in [-0.2, -0.15) is 0 Å². The van der Waals surface area contributed by atoms with Gasteiger partial charge in [0.05, 0.1) is 0 Å². The largest absolute Gasteiger partial charge is 0.476 e. The molecule has 3 N–H and O–H groups in total. The minimum atomic E-state index is -1.21. The molecule has 0 aliphatic carbocycles. The highest BCUT2D eigenvalue weighted by atomic mass is 16.7. The fraction of sp³-hybridized carbons (Fsp3) is 0.286. The van der Waals surface area contributed by atoms with Crippen molar-refractivity contribution in [1.29, 1.82) is 0 Å². The molecule has 3 heterocycles. The second kappa shape index (κ2) is 6.84. The topological polar surface area (TPSA) is 160 Å². The molecule has 25 heavy (non-hydrogen) atoms. The van der Waals surface area contributed by atoms with Crippen LogP contribution in [-0.2, 0) is 9.47 Å². The van der Waals surface area contributed by atoms with Crippen LogP contribution in [0.15, 0.2) is 32.0 Å². The molecule has 0 saturated carbocycles. The molecule has 0 aliphatic rings. The zero-order valence-corrected chi connectivity index (χ0v) is 13.2. The lowest BCUT2D eigenvalue weighted by Crippen LogP contribution is -2.29. The summed E-state index contributed by atoms with van der Waals surface area (Å²) >= 11 is 0. The summed E-state index contributed by atoms with van der Waals surface area (Å²) in [4.78, 5) is 22.9. The maximum Gasteiger partial charge on any atom is 0.357 e. The summed E-state index contributed by atoms with van der Waals surface area (Å²) < 4.78 is 25.8. The summed E-state index contributed by atoms with van der Waals surface area (Å²) in [6, 6.07) is -0.747. The normalized spacial score (nSPS) is 12.6. The zero-order chi connectivity index (χ0) is 18.0. The number of oxazole rings is 3. The Morgan fingerprint density at radius 2 is 1.64 bits per heavy atom. The molecule has 0 fully saturated rings. The maximum atomic E-state index is 10.8. The van der Waals surface area contributed by atoms with Gasteiger partial charge in [-0.15, -0.1) is 0 Å². The molecule has 3 aromatic heterocycles. The van der Waals surface area contributed by atoms with E-state index >= 15 is 0 Å². The fourth-order valence-electron chi connectivity index (χ4n) is 2.02. The average Bonchev–Trinajstić information content (AvgIpc) is 3.33. The minimum absolute atomic E-state index is 0.00616. The highest BCUT2D eigenvalue weighted by molar-refractivity contribution is 5.85. The summed E-state index contributed by atoms with van der Waals surface area (Å²) in [6.45, 7) is 0. The Morgan fingerprint density at radius 3 is 2.28 bits per heavy atom. The van der Waals surface area contributed by atoms with Gasteiger partial charge in [-0.1, -0.05) is 0 Å². The summed E-state index contributed by atoms with van der Waals surface area (Å²) in [6.07, 6.45) is 2.85. The van der Waals surface area contributed by atoms with E-state index in [1.54, 1.807) is 0 Å². The predicted octanol–water partition coefficient (Wildman–Crippen LogP) is 1.30. The van der Waals surface area contributed by atoms with Crippen molar-refractivity contribution in [3.05, 3.63) is 30.4 Å². The SMILES string of the molecule is COC(OC)C(N)c1nc(-c2nc(-c3nc(C(=O)O)co3)co2)co1. The van der Waals surface area contributed by atoms with E-state index in [9.17, 15) is 4.79 Å².